The van der Waals surface area contributed by atoms with Crippen LogP contribution in [0.4, 0.5) is 8.78 Å². The van der Waals surface area contributed by atoms with Crippen molar-refractivity contribution in [3.05, 3.63) is 53.6 Å². The van der Waals surface area contributed by atoms with Gasteiger partial charge in [0.05, 0.1) is 34.7 Å². The Balaban J connectivity index is 1.99. The molecule has 3 heterocycles. The molecule has 0 atom stereocenters. The second kappa shape index (κ2) is 4.66. The first kappa shape index (κ1) is 14.9. The Morgan fingerprint density at radius 2 is 1.75 bits per heavy atom. The minimum Gasteiger partial charge on any atom is -0.268 e. The fourth-order valence-corrected chi connectivity index (χ4v) is 2.93. The van der Waals surface area contributed by atoms with Crippen molar-refractivity contribution in [3.8, 4) is 0 Å². The van der Waals surface area contributed by atoms with Gasteiger partial charge in [-0.1, -0.05) is 12.1 Å². The molecule has 0 radical (unpaired) electrons. The number of aliphatic imine (C=N–C) groups is 1. The highest BCUT2D eigenvalue weighted by molar-refractivity contribution is 6.13. The van der Waals surface area contributed by atoms with Gasteiger partial charge in [-0.25, -0.2) is 4.98 Å². The molecule has 1 aliphatic heterocycles. The molecule has 2 aromatic heterocycles. The number of alkyl halides is 2. The molecule has 3 aromatic rings. The number of hydrogen-bond donors (Lipinski definition) is 0. The quantitative estimate of drug-likeness (QED) is 0.690. The third-order valence-corrected chi connectivity index (χ3v) is 4.35. The lowest BCUT2D eigenvalue weighted by atomic mass is 9.86. The number of rotatable bonds is 1. The van der Waals surface area contributed by atoms with Crippen molar-refractivity contribution in [2.24, 2.45) is 12.0 Å². The largest absolute Gasteiger partial charge is 0.300 e. The molecule has 4 rings (SSSR count). The minimum atomic E-state index is -3.11. The highest BCUT2D eigenvalue weighted by atomic mass is 19.3. The Morgan fingerprint density at radius 1 is 1.04 bits per heavy atom. The normalized spacial score (nSPS) is 18.3. The number of para-hydroxylation sites is 2. The van der Waals surface area contributed by atoms with E-state index in [4.69, 9.17) is 0 Å². The summed E-state index contributed by atoms with van der Waals surface area (Å²) in [5.41, 5.74) is 0.843. The molecule has 0 spiro atoms. The van der Waals surface area contributed by atoms with Gasteiger partial charge in [-0.3, -0.25) is 14.7 Å². The van der Waals surface area contributed by atoms with E-state index in [0.29, 0.717) is 16.9 Å². The van der Waals surface area contributed by atoms with E-state index in [-0.39, 0.29) is 11.3 Å². The summed E-state index contributed by atoms with van der Waals surface area (Å²) < 4.78 is 30.9. The molecule has 122 valence electrons. The maximum absolute atomic E-state index is 14.7. The monoisotopic (exact) mass is 327 g/mol. The third-order valence-electron chi connectivity index (χ3n) is 4.35. The van der Waals surface area contributed by atoms with Gasteiger partial charge in [0.2, 0.25) is 0 Å². The number of benzene rings is 1. The van der Waals surface area contributed by atoms with Gasteiger partial charge in [-0.15, -0.1) is 0 Å². The number of aryl methyl sites for hydroxylation is 1. The lowest BCUT2D eigenvalue weighted by Crippen LogP contribution is -2.44. The first-order valence-electron chi connectivity index (χ1n) is 7.54. The molecule has 0 saturated carbocycles. The fourth-order valence-electron chi connectivity index (χ4n) is 2.93. The van der Waals surface area contributed by atoms with Gasteiger partial charge < -0.3 is 0 Å². The topological polar surface area (TPSA) is 56.0 Å². The second-order valence-electron chi connectivity index (χ2n) is 6.37. The van der Waals surface area contributed by atoms with Crippen LogP contribution in [0.1, 0.15) is 30.8 Å². The summed E-state index contributed by atoms with van der Waals surface area (Å²) in [6, 6.07) is 7.41. The van der Waals surface area contributed by atoms with E-state index in [1.807, 2.05) is 24.3 Å². The zero-order chi connectivity index (χ0) is 17.1. The Bertz CT molecular complexity index is 988. The number of hydrogen-bond acceptors (Lipinski definition) is 4. The fraction of sp³-hybridized carbons (Fsp3) is 0.294. The van der Waals surface area contributed by atoms with Gasteiger partial charge in [0, 0.05) is 7.05 Å². The van der Waals surface area contributed by atoms with Crippen molar-refractivity contribution in [2.75, 3.05) is 0 Å². The molecule has 0 unspecified atom stereocenters. The van der Waals surface area contributed by atoms with E-state index in [2.05, 4.69) is 20.1 Å². The molecule has 0 fully saturated rings. The molecule has 1 aliphatic rings. The Morgan fingerprint density at radius 3 is 2.50 bits per heavy atom. The molecule has 24 heavy (non-hydrogen) atoms. The standard InChI is InChI=1S/C17H15F2N5/c1-16(2)17(18,19)10-8-21-24(3)15(10)14(23-16)13-9-20-11-6-4-5-7-12(11)22-13/h4-9H,1-3H3. The highest BCUT2D eigenvalue weighted by Gasteiger charge is 2.54. The number of fused-ring (bicyclic) bond motifs is 2. The molecule has 0 aliphatic carbocycles. The SMILES string of the molecule is Cn1ncc2c1C(c1cnc3ccccc3n1)=NC(C)(C)C2(F)F. The molecule has 0 saturated heterocycles. The van der Waals surface area contributed by atoms with Crippen LogP contribution >= 0.6 is 0 Å². The first-order chi connectivity index (χ1) is 11.3. The van der Waals surface area contributed by atoms with Crippen molar-refractivity contribution in [1.29, 1.82) is 0 Å². The Kier molecular flexibility index (Phi) is 2.88. The number of nitrogens with zero attached hydrogens (tertiary/aromatic N) is 5. The summed E-state index contributed by atoms with van der Waals surface area (Å²) in [5.74, 6) is -3.11. The van der Waals surface area contributed by atoms with Crippen molar-refractivity contribution < 1.29 is 8.78 Å². The van der Waals surface area contributed by atoms with E-state index < -0.39 is 11.5 Å². The maximum Gasteiger partial charge on any atom is 0.300 e. The van der Waals surface area contributed by atoms with E-state index in [0.717, 1.165) is 5.52 Å². The summed E-state index contributed by atoms with van der Waals surface area (Å²) in [7, 11) is 1.62. The van der Waals surface area contributed by atoms with Crippen LogP contribution in [0.15, 0.2) is 41.7 Å². The molecular formula is C17H15F2N5. The molecule has 0 bridgehead atoms. The Labute approximate surface area is 137 Å². The highest BCUT2D eigenvalue weighted by Crippen LogP contribution is 2.46. The Hall–Kier alpha value is -2.70. The van der Waals surface area contributed by atoms with Gasteiger partial charge in [-0.2, -0.15) is 13.9 Å². The van der Waals surface area contributed by atoms with Crippen LogP contribution in [0.25, 0.3) is 11.0 Å². The summed E-state index contributed by atoms with van der Waals surface area (Å²) in [6.45, 7) is 2.83. The van der Waals surface area contributed by atoms with Crippen LogP contribution in [0, 0.1) is 0 Å². The average Bonchev–Trinajstić information content (AvgIpc) is 2.93. The average molecular weight is 327 g/mol. The van der Waals surface area contributed by atoms with Gasteiger partial charge in [0.1, 0.15) is 16.9 Å². The molecule has 5 nitrogen and oxygen atoms in total. The summed E-state index contributed by atoms with van der Waals surface area (Å²) in [5, 5.41) is 4.01. The predicted octanol–water partition coefficient (Wildman–Crippen LogP) is 3.08. The molecule has 0 amide bonds. The molecule has 7 heteroatoms. The van der Waals surface area contributed by atoms with Crippen molar-refractivity contribution in [1.82, 2.24) is 19.7 Å². The number of aromatic nitrogens is 4. The molecule has 1 aromatic carbocycles. The van der Waals surface area contributed by atoms with Crippen LogP contribution < -0.4 is 0 Å². The van der Waals surface area contributed by atoms with Crippen LogP contribution in [-0.2, 0) is 13.0 Å². The van der Waals surface area contributed by atoms with Gasteiger partial charge in [0.15, 0.2) is 0 Å². The van der Waals surface area contributed by atoms with Gasteiger partial charge in [-0.05, 0) is 26.0 Å². The van der Waals surface area contributed by atoms with Crippen LogP contribution in [0.3, 0.4) is 0 Å². The van der Waals surface area contributed by atoms with Crippen molar-refractivity contribution >= 4 is 16.7 Å². The van der Waals surface area contributed by atoms with Crippen molar-refractivity contribution in [3.63, 3.8) is 0 Å². The summed E-state index contributed by atoms with van der Waals surface area (Å²) >= 11 is 0. The smallest absolute Gasteiger partial charge is 0.268 e. The number of halogens is 2. The maximum atomic E-state index is 14.7. The van der Waals surface area contributed by atoms with E-state index in [1.165, 1.54) is 24.7 Å². The first-order valence-corrected chi connectivity index (χ1v) is 7.54. The zero-order valence-corrected chi connectivity index (χ0v) is 13.5. The second-order valence-corrected chi connectivity index (χ2v) is 6.37. The van der Waals surface area contributed by atoms with Crippen molar-refractivity contribution in [2.45, 2.75) is 25.3 Å². The van der Waals surface area contributed by atoms with E-state index >= 15 is 0 Å². The zero-order valence-electron chi connectivity index (χ0n) is 13.5. The van der Waals surface area contributed by atoms with Gasteiger partial charge in [0.25, 0.3) is 0 Å². The van der Waals surface area contributed by atoms with Crippen LogP contribution in [0.2, 0.25) is 0 Å². The lowest BCUT2D eigenvalue weighted by molar-refractivity contribution is -0.0683. The van der Waals surface area contributed by atoms with E-state index in [9.17, 15) is 8.78 Å². The summed E-state index contributed by atoms with van der Waals surface area (Å²) in [4.78, 5) is 13.2. The predicted molar refractivity (Wildman–Crippen MR) is 86.4 cm³/mol. The van der Waals surface area contributed by atoms with Crippen LogP contribution in [0.5, 0.6) is 0 Å². The molecular weight excluding hydrogens is 312 g/mol. The van der Waals surface area contributed by atoms with Crippen LogP contribution in [-0.4, -0.2) is 31.0 Å². The van der Waals surface area contributed by atoms with Gasteiger partial charge >= 0.3 is 5.92 Å². The lowest BCUT2D eigenvalue weighted by Gasteiger charge is -2.35. The molecule has 0 N–H and O–H groups in total. The minimum absolute atomic E-state index is 0.130. The van der Waals surface area contributed by atoms with E-state index in [1.54, 1.807) is 13.2 Å². The summed E-state index contributed by atoms with van der Waals surface area (Å²) in [6.07, 6.45) is 2.78. The third kappa shape index (κ3) is 1.90.